The van der Waals surface area contributed by atoms with Crippen molar-refractivity contribution < 1.29 is 0 Å². The third-order valence-electron chi connectivity index (χ3n) is 6.53. The third-order valence-corrected chi connectivity index (χ3v) is 6.53. The van der Waals surface area contributed by atoms with Gasteiger partial charge >= 0.3 is 0 Å². The Morgan fingerprint density at radius 2 is 1.22 bits per heavy atom. The molecule has 32 heavy (non-hydrogen) atoms. The monoisotopic (exact) mass is 437 g/mol. The van der Waals surface area contributed by atoms with Crippen LogP contribution < -0.4 is 4.90 Å². The maximum absolute atomic E-state index is 4.90. The largest absolute Gasteiger partial charge is 0.377 e. The lowest BCUT2D eigenvalue weighted by atomic mass is 9.76. The van der Waals surface area contributed by atoms with Crippen LogP contribution in [0.4, 0.5) is 5.69 Å². The molecule has 0 aromatic carbocycles. The summed E-state index contributed by atoms with van der Waals surface area (Å²) in [7, 11) is 4.26. The SMILES string of the molecule is CC(C)c1nccc(C(C)CCC(C)c2nccc(N(C)C)c2C(C)(C)C)c1C(C)(C)C. The summed E-state index contributed by atoms with van der Waals surface area (Å²) in [6, 6.07) is 4.41. The Balaban J connectivity index is 2.36. The number of rotatable bonds is 7. The first-order chi connectivity index (χ1) is 14.7. The Kier molecular flexibility index (Phi) is 8.18. The minimum atomic E-state index is 0.0553. The number of hydrogen-bond donors (Lipinski definition) is 0. The lowest BCUT2D eigenvalue weighted by Crippen LogP contribution is -2.23. The molecule has 0 fully saturated rings. The first-order valence-corrected chi connectivity index (χ1v) is 12.3. The van der Waals surface area contributed by atoms with Gasteiger partial charge in [-0.2, -0.15) is 0 Å². The van der Waals surface area contributed by atoms with E-state index in [1.807, 2.05) is 12.4 Å². The molecular weight excluding hydrogens is 390 g/mol. The van der Waals surface area contributed by atoms with E-state index in [4.69, 9.17) is 9.97 Å². The van der Waals surface area contributed by atoms with Gasteiger partial charge in [0.2, 0.25) is 0 Å². The minimum absolute atomic E-state index is 0.0553. The van der Waals surface area contributed by atoms with Crippen molar-refractivity contribution in [3.63, 3.8) is 0 Å². The molecule has 0 bridgehead atoms. The van der Waals surface area contributed by atoms with Gasteiger partial charge in [-0.25, -0.2) is 0 Å². The van der Waals surface area contributed by atoms with Crippen LogP contribution in [0.1, 0.15) is 128 Å². The molecule has 2 aromatic rings. The van der Waals surface area contributed by atoms with E-state index in [1.165, 1.54) is 33.8 Å². The van der Waals surface area contributed by atoms with Crippen molar-refractivity contribution in [1.82, 2.24) is 9.97 Å². The summed E-state index contributed by atoms with van der Waals surface area (Å²) >= 11 is 0. The molecule has 0 radical (unpaired) electrons. The molecule has 2 heterocycles. The molecule has 178 valence electrons. The minimum Gasteiger partial charge on any atom is -0.377 e. The molecule has 2 rings (SSSR count). The summed E-state index contributed by atoms with van der Waals surface area (Å²) in [4.78, 5) is 11.9. The van der Waals surface area contributed by atoms with Crippen LogP contribution in [0.25, 0.3) is 0 Å². The highest BCUT2D eigenvalue weighted by molar-refractivity contribution is 5.57. The first-order valence-electron chi connectivity index (χ1n) is 12.3. The number of anilines is 1. The van der Waals surface area contributed by atoms with Crippen LogP contribution in [0.15, 0.2) is 24.5 Å². The van der Waals surface area contributed by atoms with E-state index in [9.17, 15) is 0 Å². The molecule has 0 N–H and O–H groups in total. The van der Waals surface area contributed by atoms with Crippen molar-refractivity contribution in [1.29, 1.82) is 0 Å². The molecule has 0 saturated heterocycles. The molecular formula is C29H47N3. The third kappa shape index (κ3) is 5.91. The Labute approximate surface area is 198 Å². The first kappa shape index (κ1) is 26.4. The van der Waals surface area contributed by atoms with E-state index < -0.39 is 0 Å². The molecule has 3 heteroatoms. The van der Waals surface area contributed by atoms with E-state index >= 15 is 0 Å². The average Bonchev–Trinajstić information content (AvgIpc) is 2.69. The zero-order chi connectivity index (χ0) is 24.4. The summed E-state index contributed by atoms with van der Waals surface area (Å²) in [5.74, 6) is 1.33. The Hall–Kier alpha value is -1.90. The molecule has 2 aromatic heterocycles. The van der Waals surface area contributed by atoms with Crippen LogP contribution in [-0.4, -0.2) is 24.1 Å². The van der Waals surface area contributed by atoms with Crippen LogP contribution in [0.5, 0.6) is 0 Å². The summed E-state index contributed by atoms with van der Waals surface area (Å²) in [6.45, 7) is 23.1. The second kappa shape index (κ2) is 9.93. The number of nitrogens with zero attached hydrogens (tertiary/aromatic N) is 3. The summed E-state index contributed by atoms with van der Waals surface area (Å²) in [5, 5.41) is 0. The summed E-state index contributed by atoms with van der Waals surface area (Å²) < 4.78 is 0. The van der Waals surface area contributed by atoms with Crippen LogP contribution in [0, 0.1) is 0 Å². The number of aromatic nitrogens is 2. The van der Waals surface area contributed by atoms with E-state index in [0.29, 0.717) is 17.8 Å². The molecule has 2 unspecified atom stereocenters. The van der Waals surface area contributed by atoms with Gasteiger partial charge in [0.05, 0.1) is 0 Å². The highest BCUT2D eigenvalue weighted by atomic mass is 15.1. The lowest BCUT2D eigenvalue weighted by molar-refractivity contribution is 0.515. The van der Waals surface area contributed by atoms with Gasteiger partial charge < -0.3 is 4.90 Å². The van der Waals surface area contributed by atoms with Gasteiger partial charge in [-0.05, 0) is 64.7 Å². The van der Waals surface area contributed by atoms with Crippen LogP contribution in [-0.2, 0) is 10.8 Å². The normalized spacial score (nSPS) is 14.5. The topological polar surface area (TPSA) is 29.0 Å². The van der Waals surface area contributed by atoms with E-state index in [1.54, 1.807) is 0 Å². The van der Waals surface area contributed by atoms with Crippen molar-refractivity contribution in [2.24, 2.45) is 0 Å². The highest BCUT2D eigenvalue weighted by Gasteiger charge is 2.28. The van der Waals surface area contributed by atoms with Crippen LogP contribution in [0.2, 0.25) is 0 Å². The van der Waals surface area contributed by atoms with E-state index in [0.717, 1.165) is 12.8 Å². The van der Waals surface area contributed by atoms with E-state index in [2.05, 4.69) is 100 Å². The number of pyridine rings is 2. The van der Waals surface area contributed by atoms with Crippen molar-refractivity contribution >= 4 is 5.69 Å². The molecule has 0 aliphatic carbocycles. The average molecular weight is 438 g/mol. The van der Waals surface area contributed by atoms with Crippen molar-refractivity contribution in [3.8, 4) is 0 Å². The second-order valence-corrected chi connectivity index (χ2v) is 12.2. The summed E-state index contributed by atoms with van der Waals surface area (Å²) in [6.07, 6.45) is 6.26. The van der Waals surface area contributed by atoms with Gasteiger partial charge in [0.1, 0.15) is 0 Å². The fourth-order valence-corrected chi connectivity index (χ4v) is 4.93. The fourth-order valence-electron chi connectivity index (χ4n) is 4.93. The second-order valence-electron chi connectivity index (χ2n) is 12.2. The van der Waals surface area contributed by atoms with Gasteiger partial charge in [-0.1, -0.05) is 69.2 Å². The molecule has 0 spiro atoms. The van der Waals surface area contributed by atoms with Gasteiger partial charge in [0.15, 0.2) is 0 Å². The quantitative estimate of drug-likeness (QED) is 0.440. The van der Waals surface area contributed by atoms with Gasteiger partial charge in [0.25, 0.3) is 0 Å². The van der Waals surface area contributed by atoms with Gasteiger partial charge in [-0.15, -0.1) is 0 Å². The fraction of sp³-hybridized carbons (Fsp3) is 0.655. The standard InChI is InChI=1S/C29H47N3/c1-19(2)26-24(28(5,6)7)22(15-17-30-26)20(3)13-14-21(4)27-25(29(8,9)10)23(32(11)12)16-18-31-27/h15-21H,13-14H2,1-12H3. The van der Waals surface area contributed by atoms with Crippen molar-refractivity contribution in [3.05, 3.63) is 52.6 Å². The molecule has 3 nitrogen and oxygen atoms in total. The Morgan fingerprint density at radius 3 is 1.72 bits per heavy atom. The maximum Gasteiger partial charge on any atom is 0.0489 e. The zero-order valence-electron chi connectivity index (χ0n) is 22.8. The predicted octanol–water partition coefficient (Wildman–Crippen LogP) is 7.95. The molecule has 0 aliphatic heterocycles. The Morgan fingerprint density at radius 1 is 0.719 bits per heavy atom. The molecule has 0 aliphatic rings. The predicted molar refractivity (Wildman–Crippen MR) is 140 cm³/mol. The Bertz CT molecular complexity index is 822. The van der Waals surface area contributed by atoms with Crippen LogP contribution >= 0.6 is 0 Å². The van der Waals surface area contributed by atoms with Crippen molar-refractivity contribution in [2.75, 3.05) is 19.0 Å². The van der Waals surface area contributed by atoms with Crippen LogP contribution in [0.3, 0.4) is 0 Å². The molecule has 2 atom stereocenters. The highest BCUT2D eigenvalue weighted by Crippen LogP contribution is 2.40. The smallest absolute Gasteiger partial charge is 0.0489 e. The van der Waals surface area contributed by atoms with E-state index in [-0.39, 0.29) is 10.8 Å². The number of hydrogen-bond acceptors (Lipinski definition) is 3. The summed E-state index contributed by atoms with van der Waals surface area (Å²) in [5.41, 5.74) is 8.23. The molecule has 0 amide bonds. The van der Waals surface area contributed by atoms with Crippen molar-refractivity contribution in [2.45, 2.75) is 111 Å². The lowest BCUT2D eigenvalue weighted by Gasteiger charge is -2.31. The van der Waals surface area contributed by atoms with Gasteiger partial charge in [0, 0.05) is 49.1 Å². The molecule has 0 saturated carbocycles. The van der Waals surface area contributed by atoms with Gasteiger partial charge in [-0.3, -0.25) is 9.97 Å². The maximum atomic E-state index is 4.90. The zero-order valence-corrected chi connectivity index (χ0v) is 22.8.